The molecule has 2 rings (SSSR count). The average Bonchev–Trinajstić information content (AvgIpc) is 3.10. The lowest BCUT2D eigenvalue weighted by molar-refractivity contribution is 0.0168. The summed E-state index contributed by atoms with van der Waals surface area (Å²) in [7, 11) is 1.77. The Hall–Kier alpha value is -1.10. The van der Waals surface area contributed by atoms with Crippen LogP contribution in [0.5, 0.6) is 0 Å². The van der Waals surface area contributed by atoms with Crippen LogP contribution in [0.1, 0.15) is 64.1 Å². The Morgan fingerprint density at radius 2 is 2.14 bits per heavy atom. The summed E-state index contributed by atoms with van der Waals surface area (Å²) in [5.41, 5.74) is 0.675. The van der Waals surface area contributed by atoms with E-state index in [4.69, 9.17) is 4.74 Å². The molecule has 1 unspecified atom stereocenters. The van der Waals surface area contributed by atoms with E-state index in [0.717, 1.165) is 42.6 Å². The minimum absolute atomic E-state index is 0. The Kier molecular flexibility index (Phi) is 10.7. The van der Waals surface area contributed by atoms with Crippen LogP contribution < -0.4 is 10.6 Å². The number of nitrogens with one attached hydrogen (secondary N) is 2. The number of aliphatic imine (C=N–C) groups is 1. The molecular formula is C20H36IN5O2S. The van der Waals surface area contributed by atoms with E-state index >= 15 is 0 Å². The molecule has 1 amide bonds. The van der Waals surface area contributed by atoms with Gasteiger partial charge in [0.05, 0.1) is 12.2 Å². The first-order chi connectivity index (χ1) is 13.2. The molecule has 1 fully saturated rings. The molecule has 7 nitrogen and oxygen atoms in total. The van der Waals surface area contributed by atoms with Gasteiger partial charge in [-0.1, -0.05) is 13.8 Å². The molecule has 1 saturated heterocycles. The van der Waals surface area contributed by atoms with Crippen LogP contribution in [0.3, 0.4) is 0 Å². The quantitative estimate of drug-likeness (QED) is 0.335. The first-order valence-electron chi connectivity index (χ1n) is 10.0. The molecule has 1 aliphatic rings. The van der Waals surface area contributed by atoms with Gasteiger partial charge < -0.3 is 20.3 Å². The molecule has 0 saturated carbocycles. The number of piperidine rings is 1. The van der Waals surface area contributed by atoms with Gasteiger partial charge in [-0.15, -0.1) is 35.3 Å². The summed E-state index contributed by atoms with van der Waals surface area (Å²) in [6, 6.07) is 0. The normalized spacial score (nSPS) is 17.7. The number of rotatable bonds is 5. The van der Waals surface area contributed by atoms with Crippen LogP contribution >= 0.6 is 35.3 Å². The van der Waals surface area contributed by atoms with Gasteiger partial charge >= 0.3 is 6.09 Å². The van der Waals surface area contributed by atoms with Crippen molar-refractivity contribution in [2.24, 2.45) is 10.9 Å². The van der Waals surface area contributed by atoms with E-state index in [-0.39, 0.29) is 30.1 Å². The van der Waals surface area contributed by atoms with Crippen LogP contribution in [0.2, 0.25) is 0 Å². The molecule has 1 aromatic rings. The number of guanidine groups is 1. The van der Waals surface area contributed by atoms with E-state index in [1.54, 1.807) is 18.4 Å². The van der Waals surface area contributed by atoms with Crippen molar-refractivity contribution >= 4 is 47.4 Å². The van der Waals surface area contributed by atoms with Crippen molar-refractivity contribution < 1.29 is 9.53 Å². The van der Waals surface area contributed by atoms with Gasteiger partial charge in [-0.3, -0.25) is 4.99 Å². The largest absolute Gasteiger partial charge is 0.444 e. The molecule has 0 bridgehead atoms. The molecule has 29 heavy (non-hydrogen) atoms. The summed E-state index contributed by atoms with van der Waals surface area (Å²) in [5.74, 6) is 1.59. The molecule has 1 aliphatic heterocycles. The van der Waals surface area contributed by atoms with E-state index in [1.165, 1.54) is 0 Å². The third-order valence-corrected chi connectivity index (χ3v) is 5.39. The number of halogens is 1. The minimum Gasteiger partial charge on any atom is -0.444 e. The third-order valence-electron chi connectivity index (χ3n) is 4.52. The van der Waals surface area contributed by atoms with Gasteiger partial charge in [-0.25, -0.2) is 9.78 Å². The lowest BCUT2D eigenvalue weighted by Crippen LogP contribution is -2.47. The molecule has 166 valence electrons. The number of amides is 1. The second-order valence-electron chi connectivity index (χ2n) is 8.56. The van der Waals surface area contributed by atoms with Gasteiger partial charge in [-0.2, -0.15) is 0 Å². The molecule has 2 heterocycles. The van der Waals surface area contributed by atoms with Crippen LogP contribution in [-0.4, -0.2) is 54.2 Å². The van der Waals surface area contributed by atoms with Crippen molar-refractivity contribution in [3.05, 3.63) is 16.1 Å². The molecule has 0 spiro atoms. The van der Waals surface area contributed by atoms with Crippen molar-refractivity contribution in [2.75, 3.05) is 26.7 Å². The molecule has 1 atom stereocenters. The predicted molar refractivity (Wildman–Crippen MR) is 130 cm³/mol. The fourth-order valence-corrected chi connectivity index (χ4v) is 3.91. The molecule has 1 aromatic heterocycles. The highest BCUT2D eigenvalue weighted by Gasteiger charge is 2.27. The van der Waals surface area contributed by atoms with Crippen molar-refractivity contribution in [3.8, 4) is 0 Å². The molecule has 9 heteroatoms. The summed E-state index contributed by atoms with van der Waals surface area (Å²) in [4.78, 5) is 23.1. The van der Waals surface area contributed by atoms with Crippen molar-refractivity contribution in [3.63, 3.8) is 0 Å². The molecule has 2 N–H and O–H groups in total. The summed E-state index contributed by atoms with van der Waals surface area (Å²) in [6.07, 6.45) is 1.87. The van der Waals surface area contributed by atoms with Gasteiger partial charge in [0.2, 0.25) is 0 Å². The van der Waals surface area contributed by atoms with Gasteiger partial charge in [0.1, 0.15) is 10.6 Å². The molecule has 0 radical (unpaired) electrons. The minimum atomic E-state index is -0.459. The zero-order valence-corrected chi connectivity index (χ0v) is 21.6. The van der Waals surface area contributed by atoms with E-state index in [1.807, 2.05) is 25.7 Å². The monoisotopic (exact) mass is 537 g/mol. The Morgan fingerprint density at radius 1 is 1.41 bits per heavy atom. The lowest BCUT2D eigenvalue weighted by Gasteiger charge is -2.34. The zero-order chi connectivity index (χ0) is 20.7. The van der Waals surface area contributed by atoms with Crippen LogP contribution in [-0.2, 0) is 11.3 Å². The fraction of sp³-hybridized carbons (Fsp3) is 0.750. The highest BCUT2D eigenvalue weighted by atomic mass is 127. The number of nitrogens with zero attached hydrogens (tertiary/aromatic N) is 3. The summed E-state index contributed by atoms with van der Waals surface area (Å²) < 4.78 is 5.50. The third kappa shape index (κ3) is 9.06. The van der Waals surface area contributed by atoms with E-state index in [9.17, 15) is 4.79 Å². The van der Waals surface area contributed by atoms with Crippen LogP contribution in [0.15, 0.2) is 10.4 Å². The van der Waals surface area contributed by atoms with Crippen LogP contribution in [0, 0.1) is 5.92 Å². The highest BCUT2D eigenvalue weighted by Crippen LogP contribution is 2.19. The number of hydrogen-bond acceptors (Lipinski definition) is 5. The fourth-order valence-electron chi connectivity index (χ4n) is 3.02. The maximum atomic E-state index is 12.3. The zero-order valence-electron chi connectivity index (χ0n) is 18.4. The van der Waals surface area contributed by atoms with Crippen molar-refractivity contribution in [2.45, 2.75) is 65.5 Å². The Bertz CT molecular complexity index is 672. The SMILES string of the molecule is CN=C(NCc1nc(C(C)C)cs1)NCC1CCCN(C(=O)OC(C)(C)C)C1.I. The highest BCUT2D eigenvalue weighted by molar-refractivity contribution is 14.0. The summed E-state index contributed by atoms with van der Waals surface area (Å²) in [6.45, 7) is 12.9. The Morgan fingerprint density at radius 3 is 2.72 bits per heavy atom. The number of thiazole rings is 1. The first kappa shape index (κ1) is 25.9. The molecular weight excluding hydrogens is 501 g/mol. The molecule has 0 aromatic carbocycles. The Labute approximate surface area is 196 Å². The summed E-state index contributed by atoms with van der Waals surface area (Å²) >= 11 is 1.67. The number of likely N-dealkylation sites (tertiary alicyclic amines) is 1. The second kappa shape index (κ2) is 11.9. The van der Waals surface area contributed by atoms with E-state index < -0.39 is 5.60 Å². The van der Waals surface area contributed by atoms with Crippen LogP contribution in [0.4, 0.5) is 4.79 Å². The summed E-state index contributed by atoms with van der Waals surface area (Å²) in [5, 5.41) is 9.88. The van der Waals surface area contributed by atoms with Crippen LogP contribution in [0.25, 0.3) is 0 Å². The van der Waals surface area contributed by atoms with Gasteiger partial charge in [0, 0.05) is 32.1 Å². The first-order valence-corrected chi connectivity index (χ1v) is 10.9. The van der Waals surface area contributed by atoms with E-state index in [0.29, 0.717) is 24.9 Å². The molecule has 0 aliphatic carbocycles. The van der Waals surface area contributed by atoms with Gasteiger partial charge in [0.25, 0.3) is 0 Å². The number of carbonyl (C=O) groups excluding carboxylic acids is 1. The standard InChI is InChI=1S/C20H35N5O2S.HI/c1-14(2)16-13-28-17(24-16)11-23-18(21-6)22-10-15-8-7-9-25(12-15)19(26)27-20(3,4)5;/h13-15H,7-12H2,1-6H3,(H2,21,22,23);1H. The smallest absolute Gasteiger partial charge is 0.410 e. The number of carbonyl (C=O) groups is 1. The number of ether oxygens (including phenoxy) is 1. The van der Waals surface area contributed by atoms with Crippen molar-refractivity contribution in [1.82, 2.24) is 20.5 Å². The Balaban J connectivity index is 0.00000420. The van der Waals surface area contributed by atoms with Gasteiger partial charge in [-0.05, 0) is 45.4 Å². The lowest BCUT2D eigenvalue weighted by atomic mass is 9.98. The number of aromatic nitrogens is 1. The topological polar surface area (TPSA) is 78.9 Å². The van der Waals surface area contributed by atoms with Gasteiger partial charge in [0.15, 0.2) is 5.96 Å². The maximum absolute atomic E-state index is 12.3. The van der Waals surface area contributed by atoms with E-state index in [2.05, 4.69) is 39.8 Å². The maximum Gasteiger partial charge on any atom is 0.410 e. The van der Waals surface area contributed by atoms with Crippen molar-refractivity contribution in [1.29, 1.82) is 0 Å². The average molecular weight is 538 g/mol. The number of hydrogen-bond donors (Lipinski definition) is 2. The predicted octanol–water partition coefficient (Wildman–Crippen LogP) is 4.20. The second-order valence-corrected chi connectivity index (χ2v) is 9.50.